The number of benzene rings is 2. The lowest BCUT2D eigenvalue weighted by Gasteiger charge is -2.52. The molecule has 2 amide bonds. The molecule has 2 aromatic carbocycles. The monoisotopic (exact) mass is 508 g/mol. The van der Waals surface area contributed by atoms with Crippen LogP contribution in [0, 0.1) is 17.3 Å². The van der Waals surface area contributed by atoms with E-state index in [2.05, 4.69) is 10.6 Å². The highest BCUT2D eigenvalue weighted by molar-refractivity contribution is 5.90. The minimum Gasteiger partial charge on any atom is -0.467 e. The van der Waals surface area contributed by atoms with E-state index in [0.29, 0.717) is 12.8 Å². The van der Waals surface area contributed by atoms with E-state index in [-0.39, 0.29) is 36.1 Å². The average molecular weight is 509 g/mol. The Labute approximate surface area is 218 Å². The van der Waals surface area contributed by atoms with E-state index in [4.69, 9.17) is 9.47 Å². The van der Waals surface area contributed by atoms with Crippen molar-refractivity contribution < 1.29 is 28.7 Å². The van der Waals surface area contributed by atoms with Gasteiger partial charge in [0.25, 0.3) is 0 Å². The molecular formula is C29H36N2O6. The number of nitrogens with one attached hydrogen (secondary N) is 2. The second-order valence-electron chi connectivity index (χ2n) is 10.2. The number of amides is 2. The van der Waals surface area contributed by atoms with Crippen LogP contribution in [-0.2, 0) is 36.9 Å². The number of alkyl carbamates (subject to hydrolysis) is 1. The van der Waals surface area contributed by atoms with Gasteiger partial charge in [-0.1, -0.05) is 74.5 Å². The van der Waals surface area contributed by atoms with Gasteiger partial charge in [-0.2, -0.15) is 0 Å². The predicted molar refractivity (Wildman–Crippen MR) is 138 cm³/mol. The highest BCUT2D eigenvalue weighted by atomic mass is 16.5. The lowest BCUT2D eigenvalue weighted by molar-refractivity contribution is -0.146. The summed E-state index contributed by atoms with van der Waals surface area (Å²) in [5, 5.41) is 5.44. The zero-order valence-electron chi connectivity index (χ0n) is 21.9. The molecule has 2 aromatic rings. The SMILES string of the molecule is COC(=O)[C@H](Cc1ccccc1)NC(=O)[C@H](C[C@H]1C[C@@H](C(C)=O)C1(C)C)NC(=O)OCc1ccccc1. The van der Waals surface area contributed by atoms with Crippen LogP contribution in [0.15, 0.2) is 60.7 Å². The molecule has 1 aliphatic rings. The average Bonchev–Trinajstić information content (AvgIpc) is 2.88. The summed E-state index contributed by atoms with van der Waals surface area (Å²) in [5.74, 6) is -1.04. The largest absolute Gasteiger partial charge is 0.467 e. The van der Waals surface area contributed by atoms with E-state index in [1.54, 1.807) is 6.92 Å². The van der Waals surface area contributed by atoms with Gasteiger partial charge in [0.15, 0.2) is 0 Å². The lowest BCUT2D eigenvalue weighted by Crippen LogP contribution is -2.56. The number of Topliss-reactive ketones (excluding diaryl/α,β-unsaturated/α-hetero) is 1. The third kappa shape index (κ3) is 7.41. The Kier molecular flexibility index (Phi) is 9.44. The van der Waals surface area contributed by atoms with Gasteiger partial charge in [0.1, 0.15) is 24.5 Å². The van der Waals surface area contributed by atoms with Crippen LogP contribution in [0.3, 0.4) is 0 Å². The van der Waals surface area contributed by atoms with Crippen LogP contribution in [0.4, 0.5) is 4.79 Å². The number of ketones is 1. The highest BCUT2D eigenvalue weighted by Gasteiger charge is 2.51. The van der Waals surface area contributed by atoms with Crippen molar-refractivity contribution in [2.75, 3.05) is 7.11 Å². The first-order valence-electron chi connectivity index (χ1n) is 12.5. The Balaban J connectivity index is 1.72. The topological polar surface area (TPSA) is 111 Å². The summed E-state index contributed by atoms with van der Waals surface area (Å²) in [5.41, 5.74) is 1.36. The first-order chi connectivity index (χ1) is 17.6. The van der Waals surface area contributed by atoms with Crippen LogP contribution in [0.25, 0.3) is 0 Å². The molecule has 0 bridgehead atoms. The van der Waals surface area contributed by atoms with Crippen LogP contribution in [0.1, 0.15) is 44.7 Å². The number of esters is 1. The summed E-state index contributed by atoms with van der Waals surface area (Å²) >= 11 is 0. The van der Waals surface area contributed by atoms with E-state index in [1.807, 2.05) is 74.5 Å². The summed E-state index contributed by atoms with van der Waals surface area (Å²) in [4.78, 5) is 50.6. The first-order valence-corrected chi connectivity index (χ1v) is 12.5. The van der Waals surface area contributed by atoms with Crippen LogP contribution in [-0.4, -0.2) is 42.9 Å². The molecule has 0 saturated heterocycles. The lowest BCUT2D eigenvalue weighted by atomic mass is 9.52. The van der Waals surface area contributed by atoms with Gasteiger partial charge in [-0.3, -0.25) is 9.59 Å². The maximum Gasteiger partial charge on any atom is 0.408 e. The molecule has 1 saturated carbocycles. The van der Waals surface area contributed by atoms with Crippen molar-refractivity contribution in [2.45, 2.75) is 58.7 Å². The van der Waals surface area contributed by atoms with Gasteiger partial charge in [-0.25, -0.2) is 9.59 Å². The van der Waals surface area contributed by atoms with Crippen LogP contribution < -0.4 is 10.6 Å². The molecule has 0 aromatic heterocycles. The number of hydrogen-bond acceptors (Lipinski definition) is 6. The Bertz CT molecular complexity index is 1090. The van der Waals surface area contributed by atoms with Crippen molar-refractivity contribution in [2.24, 2.45) is 17.3 Å². The molecule has 1 fully saturated rings. The molecule has 0 radical (unpaired) electrons. The second kappa shape index (κ2) is 12.5. The molecule has 4 atom stereocenters. The van der Waals surface area contributed by atoms with E-state index in [9.17, 15) is 19.2 Å². The smallest absolute Gasteiger partial charge is 0.408 e. The van der Waals surface area contributed by atoms with Crippen LogP contribution in [0.2, 0.25) is 0 Å². The zero-order chi connectivity index (χ0) is 27.0. The van der Waals surface area contributed by atoms with Gasteiger partial charge in [0.05, 0.1) is 7.11 Å². The van der Waals surface area contributed by atoms with Crippen molar-refractivity contribution in [3.05, 3.63) is 71.8 Å². The van der Waals surface area contributed by atoms with Gasteiger partial charge in [0, 0.05) is 12.3 Å². The number of rotatable bonds is 11. The number of ether oxygens (including phenoxy) is 2. The van der Waals surface area contributed by atoms with Gasteiger partial charge in [-0.05, 0) is 42.2 Å². The van der Waals surface area contributed by atoms with Crippen LogP contribution in [0.5, 0.6) is 0 Å². The molecule has 8 heteroatoms. The molecule has 37 heavy (non-hydrogen) atoms. The Morgan fingerprint density at radius 2 is 1.51 bits per heavy atom. The van der Waals surface area contributed by atoms with Crippen molar-refractivity contribution in [3.8, 4) is 0 Å². The third-order valence-electron chi connectivity index (χ3n) is 7.39. The molecular weight excluding hydrogens is 472 g/mol. The van der Waals surface area contributed by atoms with Crippen molar-refractivity contribution >= 4 is 23.8 Å². The third-order valence-corrected chi connectivity index (χ3v) is 7.39. The highest BCUT2D eigenvalue weighted by Crippen LogP contribution is 2.53. The molecule has 2 N–H and O–H groups in total. The summed E-state index contributed by atoms with van der Waals surface area (Å²) in [6, 6.07) is 16.6. The van der Waals surface area contributed by atoms with Crippen molar-refractivity contribution in [3.63, 3.8) is 0 Å². The second-order valence-corrected chi connectivity index (χ2v) is 10.2. The molecule has 0 unspecified atom stereocenters. The molecule has 8 nitrogen and oxygen atoms in total. The summed E-state index contributed by atoms with van der Waals surface area (Å²) in [6.07, 6.45) is 0.452. The maximum absolute atomic E-state index is 13.4. The Morgan fingerprint density at radius 1 is 0.919 bits per heavy atom. The van der Waals surface area contributed by atoms with Crippen molar-refractivity contribution in [1.82, 2.24) is 10.6 Å². The molecule has 0 aliphatic heterocycles. The molecule has 198 valence electrons. The number of methoxy groups -OCH3 is 1. The fourth-order valence-electron chi connectivity index (χ4n) is 4.99. The predicted octanol–water partition coefficient (Wildman–Crippen LogP) is 3.82. The fraction of sp³-hybridized carbons (Fsp3) is 0.448. The number of hydrogen-bond donors (Lipinski definition) is 2. The summed E-state index contributed by atoms with van der Waals surface area (Å²) in [6.45, 7) is 5.64. The molecule has 0 heterocycles. The maximum atomic E-state index is 13.4. The van der Waals surface area contributed by atoms with E-state index < -0.39 is 30.1 Å². The van der Waals surface area contributed by atoms with Crippen LogP contribution >= 0.6 is 0 Å². The van der Waals surface area contributed by atoms with Gasteiger partial charge < -0.3 is 20.1 Å². The first kappa shape index (κ1) is 27.9. The minimum absolute atomic E-state index is 0.0253. The van der Waals surface area contributed by atoms with Gasteiger partial charge >= 0.3 is 12.1 Å². The normalized spacial score (nSPS) is 19.5. The Hall–Kier alpha value is -3.68. The van der Waals surface area contributed by atoms with E-state index in [0.717, 1.165) is 11.1 Å². The standard InChI is InChI=1S/C29H36N2O6/c1-19(32)23-16-22(29(23,2)3)17-24(31-28(35)37-18-21-13-9-6-10-14-21)26(33)30-25(27(34)36-4)15-20-11-7-5-8-12-20/h5-14,22-25H,15-18H2,1-4H3,(H,30,33)(H,31,35)/t22-,23+,24+,25+/m1/s1. The van der Waals surface area contributed by atoms with Gasteiger partial charge in [0.2, 0.25) is 5.91 Å². The molecule has 3 rings (SSSR count). The summed E-state index contributed by atoms with van der Waals surface area (Å²) < 4.78 is 10.3. The van der Waals surface area contributed by atoms with E-state index in [1.165, 1.54) is 7.11 Å². The molecule has 0 spiro atoms. The van der Waals surface area contributed by atoms with E-state index >= 15 is 0 Å². The quantitative estimate of drug-likeness (QED) is 0.447. The molecule has 1 aliphatic carbocycles. The zero-order valence-corrected chi connectivity index (χ0v) is 21.9. The van der Waals surface area contributed by atoms with Crippen molar-refractivity contribution in [1.29, 1.82) is 0 Å². The minimum atomic E-state index is -0.955. The number of carbonyl (C=O) groups is 4. The summed E-state index contributed by atoms with van der Waals surface area (Å²) in [7, 11) is 1.27. The fourth-order valence-corrected chi connectivity index (χ4v) is 4.99. The Morgan fingerprint density at radius 3 is 2.05 bits per heavy atom. The number of carbonyl (C=O) groups excluding carboxylic acids is 4. The van der Waals surface area contributed by atoms with Gasteiger partial charge in [-0.15, -0.1) is 0 Å².